The van der Waals surface area contributed by atoms with E-state index < -0.39 is 0 Å². The number of nitrogens with zero attached hydrogens (tertiary/aromatic N) is 2. The van der Waals surface area contributed by atoms with Crippen molar-refractivity contribution < 1.29 is 5.11 Å². The normalized spacial score (nSPS) is 24.1. The van der Waals surface area contributed by atoms with Crippen molar-refractivity contribution in [3.05, 3.63) is 29.8 Å². The van der Waals surface area contributed by atoms with Crippen molar-refractivity contribution in [3.8, 4) is 5.75 Å². The fourth-order valence-electron chi connectivity index (χ4n) is 2.04. The molecule has 2 aliphatic heterocycles. The maximum atomic E-state index is 9.74. The Morgan fingerprint density at radius 3 is 3.07 bits per heavy atom. The van der Waals surface area contributed by atoms with E-state index in [9.17, 15) is 5.11 Å². The predicted molar refractivity (Wildman–Crippen MR) is 62.3 cm³/mol. The molecule has 2 aliphatic rings. The number of para-hydroxylation sites is 1. The number of hydrogen-bond acceptors (Lipinski definition) is 4. The number of phenolic OH excluding ortho intramolecular Hbond substituents is 1. The van der Waals surface area contributed by atoms with E-state index in [0.717, 1.165) is 29.6 Å². The third-order valence-corrected chi connectivity index (χ3v) is 3.83. The van der Waals surface area contributed by atoms with Crippen LogP contribution in [0, 0.1) is 0 Å². The Hall–Kier alpha value is -1.16. The molecule has 1 aromatic carbocycles. The molecule has 1 aromatic rings. The highest BCUT2D eigenvalue weighted by Crippen LogP contribution is 2.35. The average Bonchev–Trinajstić information content (AvgIpc) is 2.77. The van der Waals surface area contributed by atoms with Crippen LogP contribution in [-0.4, -0.2) is 34.0 Å². The summed E-state index contributed by atoms with van der Waals surface area (Å²) in [7, 11) is 0. The molecule has 0 aliphatic carbocycles. The van der Waals surface area contributed by atoms with E-state index in [1.807, 2.05) is 30.0 Å². The Morgan fingerprint density at radius 1 is 1.40 bits per heavy atom. The topological polar surface area (TPSA) is 35.8 Å². The highest BCUT2D eigenvalue weighted by atomic mass is 32.2. The zero-order chi connectivity index (χ0) is 10.3. The molecular formula is C11H12N2OS. The molecule has 0 spiro atoms. The summed E-state index contributed by atoms with van der Waals surface area (Å²) in [6.07, 6.45) is 0. The van der Waals surface area contributed by atoms with Crippen LogP contribution in [0.5, 0.6) is 5.75 Å². The molecule has 1 N–H and O–H groups in total. The molecular weight excluding hydrogens is 208 g/mol. The number of rotatable bonds is 1. The zero-order valence-electron chi connectivity index (χ0n) is 8.26. The van der Waals surface area contributed by atoms with Crippen LogP contribution >= 0.6 is 11.8 Å². The fourth-order valence-corrected chi connectivity index (χ4v) is 3.09. The lowest BCUT2D eigenvalue weighted by Gasteiger charge is -2.13. The maximum Gasteiger partial charge on any atom is 0.160 e. The highest BCUT2D eigenvalue weighted by Gasteiger charge is 2.31. The molecule has 15 heavy (non-hydrogen) atoms. The van der Waals surface area contributed by atoms with E-state index in [1.165, 1.54) is 0 Å². The van der Waals surface area contributed by atoms with E-state index >= 15 is 0 Å². The Balaban J connectivity index is 1.91. The van der Waals surface area contributed by atoms with Crippen molar-refractivity contribution in [3.63, 3.8) is 0 Å². The molecule has 3 nitrogen and oxygen atoms in total. The smallest absolute Gasteiger partial charge is 0.160 e. The molecule has 1 atom stereocenters. The molecule has 1 saturated heterocycles. The van der Waals surface area contributed by atoms with Crippen LogP contribution in [0.25, 0.3) is 0 Å². The van der Waals surface area contributed by atoms with Crippen LogP contribution in [0.1, 0.15) is 11.6 Å². The number of thioether (sulfide) groups is 1. The Labute approximate surface area is 92.8 Å². The van der Waals surface area contributed by atoms with E-state index in [2.05, 4.69) is 9.89 Å². The third kappa shape index (κ3) is 1.49. The summed E-state index contributed by atoms with van der Waals surface area (Å²) in [5.74, 6) is 1.50. The van der Waals surface area contributed by atoms with Gasteiger partial charge in [-0.1, -0.05) is 30.0 Å². The number of benzene rings is 1. The number of fused-ring (bicyclic) bond motifs is 1. The molecule has 4 heteroatoms. The third-order valence-electron chi connectivity index (χ3n) is 2.82. The van der Waals surface area contributed by atoms with Crippen molar-refractivity contribution in [2.24, 2.45) is 4.99 Å². The van der Waals surface area contributed by atoms with E-state index in [1.54, 1.807) is 6.07 Å². The molecule has 0 amide bonds. The van der Waals surface area contributed by atoms with Gasteiger partial charge in [0.05, 0.1) is 6.04 Å². The lowest BCUT2D eigenvalue weighted by molar-refractivity contribution is 0.437. The summed E-state index contributed by atoms with van der Waals surface area (Å²) < 4.78 is 0. The van der Waals surface area contributed by atoms with Gasteiger partial charge in [-0.05, 0) is 6.07 Å². The van der Waals surface area contributed by atoms with E-state index in [4.69, 9.17) is 0 Å². The summed E-state index contributed by atoms with van der Waals surface area (Å²) in [5, 5.41) is 10.9. The first kappa shape index (κ1) is 9.09. The van der Waals surface area contributed by atoms with E-state index in [-0.39, 0.29) is 6.04 Å². The average molecular weight is 220 g/mol. The van der Waals surface area contributed by atoms with Crippen LogP contribution in [0.3, 0.4) is 0 Å². The van der Waals surface area contributed by atoms with Gasteiger partial charge >= 0.3 is 0 Å². The minimum absolute atomic E-state index is 0.119. The minimum atomic E-state index is 0.119. The van der Waals surface area contributed by atoms with Gasteiger partial charge in [-0.2, -0.15) is 0 Å². The number of hydrogen-bond donors (Lipinski definition) is 1. The summed E-state index contributed by atoms with van der Waals surface area (Å²) in [5.41, 5.74) is 0.944. The van der Waals surface area contributed by atoms with Crippen molar-refractivity contribution >= 4 is 16.9 Å². The largest absolute Gasteiger partial charge is 0.508 e. The molecule has 0 radical (unpaired) electrons. The Morgan fingerprint density at radius 2 is 2.27 bits per heavy atom. The first-order valence-corrected chi connectivity index (χ1v) is 6.06. The zero-order valence-corrected chi connectivity index (χ0v) is 9.07. The number of amidine groups is 1. The van der Waals surface area contributed by atoms with Crippen LogP contribution < -0.4 is 0 Å². The molecule has 2 heterocycles. The molecule has 1 fully saturated rings. The number of phenols is 1. The summed E-state index contributed by atoms with van der Waals surface area (Å²) >= 11 is 1.81. The quantitative estimate of drug-likeness (QED) is 0.784. The molecule has 3 rings (SSSR count). The molecule has 0 bridgehead atoms. The molecule has 0 aromatic heterocycles. The molecule has 78 valence electrons. The van der Waals surface area contributed by atoms with E-state index in [0.29, 0.717) is 5.75 Å². The van der Waals surface area contributed by atoms with Crippen LogP contribution in [0.4, 0.5) is 0 Å². The van der Waals surface area contributed by atoms with Gasteiger partial charge < -0.3 is 10.0 Å². The van der Waals surface area contributed by atoms with Gasteiger partial charge in [0.25, 0.3) is 0 Å². The van der Waals surface area contributed by atoms with Gasteiger partial charge in [0.2, 0.25) is 0 Å². The standard InChI is InChI=1S/C11H12N2OS/c14-10-4-2-1-3-8(10)9-7-13-5-6-15-11(13)12-9/h1-4,9,14H,5-7H2/t9-/m0/s1. The van der Waals surface area contributed by atoms with Gasteiger partial charge in [-0.15, -0.1) is 0 Å². The van der Waals surface area contributed by atoms with Crippen LogP contribution in [0.2, 0.25) is 0 Å². The van der Waals surface area contributed by atoms with Crippen molar-refractivity contribution in [2.75, 3.05) is 18.8 Å². The second kappa shape index (κ2) is 3.45. The fraction of sp³-hybridized carbons (Fsp3) is 0.364. The minimum Gasteiger partial charge on any atom is -0.508 e. The van der Waals surface area contributed by atoms with Gasteiger partial charge in [-0.3, -0.25) is 4.99 Å². The number of aliphatic imine (C=N–C) groups is 1. The van der Waals surface area contributed by atoms with Crippen LogP contribution in [-0.2, 0) is 0 Å². The number of aromatic hydroxyl groups is 1. The molecule has 0 unspecified atom stereocenters. The molecule has 0 saturated carbocycles. The lowest BCUT2D eigenvalue weighted by atomic mass is 10.1. The van der Waals surface area contributed by atoms with Gasteiger partial charge in [-0.25, -0.2) is 0 Å². The first-order chi connectivity index (χ1) is 7.34. The van der Waals surface area contributed by atoms with Crippen molar-refractivity contribution in [2.45, 2.75) is 6.04 Å². The van der Waals surface area contributed by atoms with Gasteiger partial charge in [0.1, 0.15) is 5.75 Å². The summed E-state index contributed by atoms with van der Waals surface area (Å²) in [6.45, 7) is 2.01. The maximum absolute atomic E-state index is 9.74. The van der Waals surface area contributed by atoms with Crippen LogP contribution in [0.15, 0.2) is 29.3 Å². The lowest BCUT2D eigenvalue weighted by Crippen LogP contribution is -2.21. The van der Waals surface area contributed by atoms with Gasteiger partial charge in [0, 0.05) is 24.4 Å². The van der Waals surface area contributed by atoms with Crippen molar-refractivity contribution in [1.82, 2.24) is 4.90 Å². The second-order valence-corrected chi connectivity index (χ2v) is 4.84. The Kier molecular flexibility index (Phi) is 2.09. The predicted octanol–water partition coefficient (Wildman–Crippen LogP) is 1.85. The van der Waals surface area contributed by atoms with Crippen molar-refractivity contribution in [1.29, 1.82) is 0 Å². The van der Waals surface area contributed by atoms with Gasteiger partial charge in [0.15, 0.2) is 5.17 Å². The monoisotopic (exact) mass is 220 g/mol. The highest BCUT2D eigenvalue weighted by molar-refractivity contribution is 8.14. The summed E-state index contributed by atoms with van der Waals surface area (Å²) in [6, 6.07) is 7.60. The summed E-state index contributed by atoms with van der Waals surface area (Å²) in [4.78, 5) is 6.92. The second-order valence-electron chi connectivity index (χ2n) is 3.78. The Bertz CT molecular complexity index is 419. The SMILES string of the molecule is Oc1ccccc1[C@@H]1CN2CCSC2=N1. The first-order valence-electron chi connectivity index (χ1n) is 5.08.